The van der Waals surface area contributed by atoms with Gasteiger partial charge < -0.3 is 11.1 Å². The zero-order valence-electron chi connectivity index (χ0n) is 11.5. The van der Waals surface area contributed by atoms with E-state index in [1.165, 1.54) is 5.56 Å². The molecule has 6 nitrogen and oxygen atoms in total. The molecular weight excluding hydrogens is 254 g/mol. The van der Waals surface area contributed by atoms with Gasteiger partial charge in [-0.2, -0.15) is 0 Å². The molecule has 0 aliphatic rings. The lowest BCUT2D eigenvalue weighted by atomic mass is 10.0. The van der Waals surface area contributed by atoms with Crippen molar-refractivity contribution in [3.63, 3.8) is 0 Å². The molecule has 0 aliphatic carbocycles. The first-order valence-corrected chi connectivity index (χ1v) is 6.61. The molecule has 0 fully saturated rings. The number of hydrogen-bond donors (Lipinski definition) is 2. The van der Waals surface area contributed by atoms with Gasteiger partial charge in [0.2, 0.25) is 5.91 Å². The summed E-state index contributed by atoms with van der Waals surface area (Å²) in [4.78, 5) is 11.1. The number of amides is 1. The van der Waals surface area contributed by atoms with Gasteiger partial charge in [-0.25, -0.2) is 0 Å². The Morgan fingerprint density at radius 2 is 2.30 bits per heavy atom. The summed E-state index contributed by atoms with van der Waals surface area (Å²) in [5, 5.41) is 11.0. The second kappa shape index (κ2) is 6.81. The van der Waals surface area contributed by atoms with Gasteiger partial charge in [-0.1, -0.05) is 11.3 Å². The van der Waals surface area contributed by atoms with Crippen molar-refractivity contribution < 1.29 is 4.79 Å². The lowest BCUT2D eigenvalue weighted by Crippen LogP contribution is -2.18. The lowest BCUT2D eigenvalue weighted by Gasteiger charge is -2.09. The molecule has 0 radical (unpaired) electrons. The molecular formula is C14H19N5O. The molecule has 106 valence electrons. The van der Waals surface area contributed by atoms with Crippen LogP contribution in [-0.2, 0) is 13.1 Å². The maximum Gasteiger partial charge on any atom is 0.248 e. The van der Waals surface area contributed by atoms with Crippen LogP contribution in [0.25, 0.3) is 0 Å². The van der Waals surface area contributed by atoms with E-state index in [0.717, 1.165) is 31.6 Å². The smallest absolute Gasteiger partial charge is 0.248 e. The van der Waals surface area contributed by atoms with Gasteiger partial charge in [-0.05, 0) is 43.1 Å². The Hall–Kier alpha value is -2.21. The van der Waals surface area contributed by atoms with Crippen LogP contribution >= 0.6 is 0 Å². The molecule has 1 amide bonds. The molecule has 0 bridgehead atoms. The summed E-state index contributed by atoms with van der Waals surface area (Å²) < 4.78 is 1.81. The second-order valence-corrected chi connectivity index (χ2v) is 4.70. The maximum atomic E-state index is 11.1. The van der Waals surface area contributed by atoms with E-state index in [4.69, 9.17) is 5.73 Å². The fourth-order valence-corrected chi connectivity index (χ4v) is 1.99. The average Bonchev–Trinajstić information content (AvgIpc) is 2.93. The minimum atomic E-state index is -0.388. The first kappa shape index (κ1) is 14.2. The van der Waals surface area contributed by atoms with Crippen LogP contribution in [0.2, 0.25) is 0 Å². The van der Waals surface area contributed by atoms with Crippen LogP contribution in [-0.4, -0.2) is 27.4 Å². The van der Waals surface area contributed by atoms with Crippen LogP contribution in [0.3, 0.4) is 0 Å². The molecule has 2 aromatic rings. The molecule has 0 aliphatic heterocycles. The highest BCUT2D eigenvalue weighted by atomic mass is 16.1. The minimum Gasteiger partial charge on any atom is -0.366 e. The van der Waals surface area contributed by atoms with E-state index in [-0.39, 0.29) is 5.91 Å². The van der Waals surface area contributed by atoms with Crippen LogP contribution in [0.15, 0.2) is 30.6 Å². The number of benzene rings is 1. The molecule has 2 rings (SSSR count). The maximum absolute atomic E-state index is 11.1. The summed E-state index contributed by atoms with van der Waals surface area (Å²) in [6.07, 6.45) is 4.52. The van der Waals surface area contributed by atoms with Gasteiger partial charge in [0, 0.05) is 24.8 Å². The van der Waals surface area contributed by atoms with Crippen LogP contribution < -0.4 is 11.1 Å². The Labute approximate surface area is 118 Å². The summed E-state index contributed by atoms with van der Waals surface area (Å²) in [5.41, 5.74) is 8.05. The lowest BCUT2D eigenvalue weighted by molar-refractivity contribution is 0.1000. The molecule has 1 heterocycles. The van der Waals surface area contributed by atoms with Crippen molar-refractivity contribution >= 4 is 5.91 Å². The van der Waals surface area contributed by atoms with E-state index in [9.17, 15) is 4.79 Å². The fraction of sp³-hybridized carbons (Fsp3) is 0.357. The zero-order chi connectivity index (χ0) is 14.4. The molecule has 0 saturated carbocycles. The molecule has 20 heavy (non-hydrogen) atoms. The van der Waals surface area contributed by atoms with Crippen molar-refractivity contribution in [1.82, 2.24) is 20.3 Å². The number of primary amides is 1. The largest absolute Gasteiger partial charge is 0.366 e. The number of nitrogens with two attached hydrogens (primary N) is 1. The number of nitrogens with one attached hydrogen (secondary N) is 1. The quantitative estimate of drug-likeness (QED) is 0.733. The first-order chi connectivity index (χ1) is 9.66. The summed E-state index contributed by atoms with van der Waals surface area (Å²) in [5.74, 6) is -0.388. The summed E-state index contributed by atoms with van der Waals surface area (Å²) >= 11 is 0. The second-order valence-electron chi connectivity index (χ2n) is 4.70. The molecule has 1 aromatic carbocycles. The van der Waals surface area contributed by atoms with Gasteiger partial charge in [-0.15, -0.1) is 5.10 Å². The van der Waals surface area contributed by atoms with Gasteiger partial charge in [0.1, 0.15) is 0 Å². The Bertz CT molecular complexity index is 565. The highest BCUT2D eigenvalue weighted by Gasteiger charge is 2.03. The Kier molecular flexibility index (Phi) is 4.84. The fourth-order valence-electron chi connectivity index (χ4n) is 1.99. The topological polar surface area (TPSA) is 85.8 Å². The van der Waals surface area contributed by atoms with E-state index in [0.29, 0.717) is 5.56 Å². The van der Waals surface area contributed by atoms with Crippen molar-refractivity contribution in [3.8, 4) is 0 Å². The number of carbonyl (C=O) groups excluding carboxylic acids is 1. The van der Waals surface area contributed by atoms with Crippen LogP contribution in [0.4, 0.5) is 0 Å². The summed E-state index contributed by atoms with van der Waals surface area (Å²) in [6, 6.07) is 5.54. The summed E-state index contributed by atoms with van der Waals surface area (Å²) in [6.45, 7) is 4.52. The van der Waals surface area contributed by atoms with Crippen LogP contribution in [0, 0.1) is 6.92 Å². The highest BCUT2D eigenvalue weighted by Crippen LogP contribution is 2.10. The Morgan fingerprint density at radius 1 is 1.45 bits per heavy atom. The van der Waals surface area contributed by atoms with E-state index in [1.807, 2.05) is 29.9 Å². The van der Waals surface area contributed by atoms with Gasteiger partial charge in [-0.3, -0.25) is 9.48 Å². The number of nitrogens with zero attached hydrogens (tertiary/aromatic N) is 3. The molecule has 0 unspecified atom stereocenters. The van der Waals surface area contributed by atoms with Gasteiger partial charge in [0.15, 0.2) is 0 Å². The van der Waals surface area contributed by atoms with E-state index < -0.39 is 0 Å². The number of hydrogen-bond acceptors (Lipinski definition) is 4. The first-order valence-electron chi connectivity index (χ1n) is 6.61. The molecule has 6 heteroatoms. The minimum absolute atomic E-state index is 0.388. The number of aromatic nitrogens is 3. The Morgan fingerprint density at radius 3 is 2.95 bits per heavy atom. The molecule has 1 aromatic heterocycles. The van der Waals surface area contributed by atoms with E-state index in [1.54, 1.807) is 12.3 Å². The molecule has 0 atom stereocenters. The SMILES string of the molecule is Cc1cc(C(N)=O)ccc1CNCCCn1ccnn1. The van der Waals surface area contributed by atoms with Crippen molar-refractivity contribution in [2.75, 3.05) is 6.54 Å². The molecule has 0 spiro atoms. The predicted molar refractivity (Wildman–Crippen MR) is 76.0 cm³/mol. The third-order valence-corrected chi connectivity index (χ3v) is 3.16. The Balaban J connectivity index is 1.75. The number of carbonyl (C=O) groups is 1. The highest BCUT2D eigenvalue weighted by molar-refractivity contribution is 5.93. The van der Waals surface area contributed by atoms with Crippen LogP contribution in [0.1, 0.15) is 27.9 Å². The third-order valence-electron chi connectivity index (χ3n) is 3.16. The van der Waals surface area contributed by atoms with Crippen LogP contribution in [0.5, 0.6) is 0 Å². The van der Waals surface area contributed by atoms with Crippen molar-refractivity contribution in [2.24, 2.45) is 5.73 Å². The van der Waals surface area contributed by atoms with Crippen molar-refractivity contribution in [1.29, 1.82) is 0 Å². The summed E-state index contributed by atoms with van der Waals surface area (Å²) in [7, 11) is 0. The normalized spacial score (nSPS) is 10.7. The standard InChI is InChI=1S/C14H19N5O/c1-11-9-12(14(15)20)3-4-13(11)10-16-5-2-7-19-8-6-17-18-19/h3-4,6,8-9,16H,2,5,7,10H2,1H3,(H2,15,20). The molecule has 3 N–H and O–H groups in total. The monoisotopic (exact) mass is 273 g/mol. The van der Waals surface area contributed by atoms with Crippen molar-refractivity contribution in [3.05, 3.63) is 47.3 Å². The molecule has 0 saturated heterocycles. The zero-order valence-corrected chi connectivity index (χ0v) is 11.5. The van der Waals surface area contributed by atoms with Gasteiger partial charge in [0.05, 0.1) is 6.20 Å². The number of aryl methyl sites for hydroxylation is 2. The van der Waals surface area contributed by atoms with E-state index >= 15 is 0 Å². The van der Waals surface area contributed by atoms with Crippen molar-refractivity contribution in [2.45, 2.75) is 26.4 Å². The van der Waals surface area contributed by atoms with Gasteiger partial charge >= 0.3 is 0 Å². The number of rotatable bonds is 7. The van der Waals surface area contributed by atoms with Gasteiger partial charge in [0.25, 0.3) is 0 Å². The third kappa shape index (κ3) is 3.89. The predicted octanol–water partition coefficient (Wildman–Crippen LogP) is 0.865. The van der Waals surface area contributed by atoms with E-state index in [2.05, 4.69) is 15.6 Å². The average molecular weight is 273 g/mol.